The molecule has 1 aliphatic carbocycles. The Labute approximate surface area is 200 Å². The van der Waals surface area contributed by atoms with E-state index in [2.05, 4.69) is 29.2 Å². The van der Waals surface area contributed by atoms with Crippen LogP contribution in [0.25, 0.3) is 22.0 Å². The van der Waals surface area contributed by atoms with Crippen molar-refractivity contribution in [2.45, 2.75) is 65.7 Å². The van der Waals surface area contributed by atoms with Crippen LogP contribution in [0.5, 0.6) is 0 Å². The Morgan fingerprint density at radius 2 is 2.00 bits per heavy atom. The molecular formula is C27H33FN4O2. The van der Waals surface area contributed by atoms with Crippen LogP contribution in [0.1, 0.15) is 70.1 Å². The van der Waals surface area contributed by atoms with Crippen molar-refractivity contribution in [2.24, 2.45) is 18.9 Å². The molecule has 2 heterocycles. The summed E-state index contributed by atoms with van der Waals surface area (Å²) in [5, 5.41) is 8.14. The average Bonchev–Trinajstić information content (AvgIpc) is 3.11. The number of rotatable bonds is 6. The van der Waals surface area contributed by atoms with Gasteiger partial charge in [0.15, 0.2) is 5.82 Å². The van der Waals surface area contributed by atoms with Crippen LogP contribution < -0.4 is 5.32 Å². The fourth-order valence-electron chi connectivity index (χ4n) is 5.37. The summed E-state index contributed by atoms with van der Waals surface area (Å²) in [5.41, 5.74) is 3.80. The molecule has 0 aliphatic heterocycles. The van der Waals surface area contributed by atoms with E-state index in [1.54, 1.807) is 17.8 Å². The summed E-state index contributed by atoms with van der Waals surface area (Å²) in [6.07, 6.45) is 5.74. The van der Waals surface area contributed by atoms with Crippen LogP contribution in [0.3, 0.4) is 0 Å². The number of nitrogens with zero attached hydrogens (tertiary/aromatic N) is 3. The van der Waals surface area contributed by atoms with Crippen LogP contribution in [0.15, 0.2) is 24.4 Å². The number of ketones is 1. The Bertz CT molecular complexity index is 1250. The molecule has 1 saturated carbocycles. The van der Waals surface area contributed by atoms with Crippen molar-refractivity contribution in [3.8, 4) is 11.1 Å². The fraction of sp³-hybridized carbons (Fsp3) is 0.481. The topological polar surface area (TPSA) is 76.9 Å². The molecule has 0 unspecified atom stereocenters. The summed E-state index contributed by atoms with van der Waals surface area (Å²) in [6.45, 7) is 7.67. The number of aromatic nitrogens is 3. The van der Waals surface area contributed by atoms with Crippen LogP contribution in [0.2, 0.25) is 0 Å². The number of hydrogen-bond donors (Lipinski definition) is 1. The summed E-state index contributed by atoms with van der Waals surface area (Å²) < 4.78 is 16.8. The molecular weight excluding hydrogens is 431 g/mol. The molecule has 1 aliphatic rings. The number of benzene rings is 1. The van der Waals surface area contributed by atoms with Gasteiger partial charge in [0.2, 0.25) is 5.91 Å². The van der Waals surface area contributed by atoms with Crippen LogP contribution in [-0.4, -0.2) is 26.5 Å². The normalized spacial score (nSPS) is 18.4. The zero-order valence-corrected chi connectivity index (χ0v) is 20.6. The molecule has 3 aromatic rings. The van der Waals surface area contributed by atoms with Crippen molar-refractivity contribution in [3.63, 3.8) is 0 Å². The van der Waals surface area contributed by atoms with Gasteiger partial charge in [-0.3, -0.25) is 9.48 Å². The molecule has 6 nitrogen and oxygen atoms in total. The summed E-state index contributed by atoms with van der Waals surface area (Å²) in [7, 11) is 1.84. The summed E-state index contributed by atoms with van der Waals surface area (Å²) >= 11 is 0. The number of aryl methyl sites for hydroxylation is 2. The number of carbonyl (C=O) groups is 2. The minimum Gasteiger partial charge on any atom is -0.310 e. The molecule has 0 saturated heterocycles. The second kappa shape index (κ2) is 9.65. The minimum absolute atomic E-state index is 0.0634. The van der Waals surface area contributed by atoms with E-state index in [1.807, 2.05) is 26.1 Å². The molecule has 1 N–H and O–H groups in total. The van der Waals surface area contributed by atoms with E-state index in [9.17, 15) is 9.59 Å². The van der Waals surface area contributed by atoms with Gasteiger partial charge in [-0.05, 0) is 79.8 Å². The van der Waals surface area contributed by atoms with Gasteiger partial charge in [-0.15, -0.1) is 0 Å². The Hall–Kier alpha value is -3.09. The molecule has 2 atom stereocenters. The van der Waals surface area contributed by atoms with Crippen LogP contribution >= 0.6 is 0 Å². The number of hydrogen-bond acceptors (Lipinski definition) is 4. The quantitative estimate of drug-likeness (QED) is 0.490. The molecule has 1 fully saturated rings. The highest BCUT2D eigenvalue weighted by Gasteiger charge is 2.28. The highest BCUT2D eigenvalue weighted by Crippen LogP contribution is 2.35. The van der Waals surface area contributed by atoms with E-state index in [-0.39, 0.29) is 35.3 Å². The highest BCUT2D eigenvalue weighted by atomic mass is 19.1. The van der Waals surface area contributed by atoms with Gasteiger partial charge in [-0.25, -0.2) is 9.37 Å². The molecule has 0 bridgehead atoms. The van der Waals surface area contributed by atoms with E-state index in [4.69, 9.17) is 0 Å². The van der Waals surface area contributed by atoms with Gasteiger partial charge in [0, 0.05) is 36.7 Å². The molecule has 1 aromatic carbocycles. The molecule has 180 valence electrons. The van der Waals surface area contributed by atoms with Crippen molar-refractivity contribution in [1.82, 2.24) is 14.8 Å². The summed E-state index contributed by atoms with van der Waals surface area (Å²) in [4.78, 5) is 28.9. The average molecular weight is 465 g/mol. The van der Waals surface area contributed by atoms with E-state index < -0.39 is 0 Å². The van der Waals surface area contributed by atoms with Gasteiger partial charge in [-0.1, -0.05) is 20.3 Å². The molecule has 1 amide bonds. The maximum absolute atomic E-state index is 15.0. The first kappa shape index (κ1) is 24.0. The third-order valence-corrected chi connectivity index (χ3v) is 6.88. The van der Waals surface area contributed by atoms with Crippen LogP contribution in [-0.2, 0) is 16.6 Å². The molecule has 4 rings (SSSR count). The number of carbonyl (C=O) groups excluding carboxylic acids is 2. The first-order chi connectivity index (χ1) is 16.1. The maximum Gasteiger partial charge on any atom is 0.228 e. The Kier molecular flexibility index (Phi) is 6.82. The minimum atomic E-state index is -0.365. The first-order valence-corrected chi connectivity index (χ1v) is 12.1. The fourth-order valence-corrected chi connectivity index (χ4v) is 5.37. The third kappa shape index (κ3) is 4.88. The number of amides is 1. The number of fused-ring (bicyclic) bond motifs is 1. The highest BCUT2D eigenvalue weighted by molar-refractivity contribution is 5.93. The van der Waals surface area contributed by atoms with Gasteiger partial charge in [-0.2, -0.15) is 5.10 Å². The zero-order chi connectivity index (χ0) is 24.6. The lowest BCUT2D eigenvalue weighted by molar-refractivity contribution is -0.123. The smallest absolute Gasteiger partial charge is 0.228 e. The first-order valence-electron chi connectivity index (χ1n) is 12.1. The summed E-state index contributed by atoms with van der Waals surface area (Å²) in [6, 6.07) is 5.29. The van der Waals surface area contributed by atoms with Crippen molar-refractivity contribution in [3.05, 3.63) is 41.5 Å². The summed E-state index contributed by atoms with van der Waals surface area (Å²) in [5.74, 6) is 0.544. The van der Waals surface area contributed by atoms with E-state index in [0.29, 0.717) is 17.8 Å². The Morgan fingerprint density at radius 3 is 2.71 bits per heavy atom. The van der Waals surface area contributed by atoms with Gasteiger partial charge >= 0.3 is 0 Å². The lowest BCUT2D eigenvalue weighted by Gasteiger charge is -2.27. The van der Waals surface area contributed by atoms with Gasteiger partial charge in [0.05, 0.1) is 0 Å². The largest absolute Gasteiger partial charge is 0.310 e. The lowest BCUT2D eigenvalue weighted by Crippen LogP contribution is -2.29. The number of pyridine rings is 1. The van der Waals surface area contributed by atoms with Gasteiger partial charge in [0.1, 0.15) is 17.1 Å². The van der Waals surface area contributed by atoms with E-state index >= 15 is 4.39 Å². The Balaban J connectivity index is 1.61. The third-order valence-electron chi connectivity index (χ3n) is 6.88. The number of Topliss-reactive ketones (excluding diaryl/α,β-unsaturated/α-hetero) is 1. The number of nitrogens with one attached hydrogen (secondary N) is 1. The van der Waals surface area contributed by atoms with Crippen molar-refractivity contribution in [2.75, 3.05) is 5.32 Å². The standard InChI is InChI=1S/C27H33FN4O2/c1-15(2)26-22-11-20(12-23(28)25(22)31-32(26)5)21-13-24(29-14-16(21)3)30-27(34)19-8-6-7-18(10-19)9-17(4)33/h11-15,18-19H,6-10H2,1-5H3,(H,29,30,34)/t18-,19-/m0/s1. The monoisotopic (exact) mass is 464 g/mol. The molecule has 7 heteroatoms. The van der Waals surface area contributed by atoms with Gasteiger partial charge in [0.25, 0.3) is 0 Å². The number of halogens is 1. The second-order valence-electron chi connectivity index (χ2n) is 10.0. The van der Waals surface area contributed by atoms with Crippen molar-refractivity contribution >= 4 is 28.4 Å². The predicted molar refractivity (Wildman–Crippen MR) is 132 cm³/mol. The van der Waals surface area contributed by atoms with E-state index in [0.717, 1.165) is 53.5 Å². The maximum atomic E-state index is 15.0. The Morgan fingerprint density at radius 1 is 1.24 bits per heavy atom. The van der Waals surface area contributed by atoms with E-state index in [1.165, 1.54) is 6.07 Å². The zero-order valence-electron chi connectivity index (χ0n) is 20.6. The lowest BCUT2D eigenvalue weighted by atomic mass is 9.79. The van der Waals surface area contributed by atoms with Gasteiger partial charge < -0.3 is 10.1 Å². The molecule has 0 radical (unpaired) electrons. The van der Waals surface area contributed by atoms with Crippen LogP contribution in [0, 0.1) is 24.6 Å². The molecule has 2 aromatic heterocycles. The second-order valence-corrected chi connectivity index (χ2v) is 10.0. The molecule has 0 spiro atoms. The SMILES string of the molecule is CC(=O)C[C@@H]1CCC[C@H](C(=O)Nc2cc(-c3cc(F)c4nn(C)c(C(C)C)c4c3)c(C)cn2)C1. The number of anilines is 1. The molecule has 34 heavy (non-hydrogen) atoms. The van der Waals surface area contributed by atoms with Crippen molar-refractivity contribution in [1.29, 1.82) is 0 Å². The van der Waals surface area contributed by atoms with Crippen LogP contribution in [0.4, 0.5) is 10.2 Å². The van der Waals surface area contributed by atoms with Crippen molar-refractivity contribution < 1.29 is 14.0 Å². The predicted octanol–water partition coefficient (Wildman–Crippen LogP) is 5.93.